The van der Waals surface area contributed by atoms with Gasteiger partial charge in [0, 0.05) is 49.8 Å². The van der Waals surface area contributed by atoms with Crippen molar-refractivity contribution in [2.45, 2.75) is 64.3 Å². The van der Waals surface area contributed by atoms with Crippen LogP contribution in [-0.4, -0.2) is 73.6 Å². The predicted molar refractivity (Wildman–Crippen MR) is 179 cm³/mol. The number of ether oxygens (including phenoxy) is 2. The van der Waals surface area contributed by atoms with Crippen LogP contribution in [-0.2, 0) is 11.3 Å². The zero-order valence-corrected chi connectivity index (χ0v) is 27.2. The second-order valence-electron chi connectivity index (χ2n) is 12.1. The summed E-state index contributed by atoms with van der Waals surface area (Å²) in [5, 5.41) is 11.0. The summed E-state index contributed by atoms with van der Waals surface area (Å²) in [6.07, 6.45) is 8.66. The molecule has 7 nitrogen and oxygen atoms in total. The maximum absolute atomic E-state index is 11.9. The highest BCUT2D eigenvalue weighted by Crippen LogP contribution is 2.49. The number of carboxylic acid groups (broad SMARTS) is 1. The van der Waals surface area contributed by atoms with Crippen LogP contribution in [0.5, 0.6) is 5.75 Å². The van der Waals surface area contributed by atoms with Gasteiger partial charge >= 0.3 is 5.97 Å². The summed E-state index contributed by atoms with van der Waals surface area (Å²) < 4.78 is 14.4. The number of hydrogen-bond donors (Lipinski definition) is 1. The van der Waals surface area contributed by atoms with Crippen LogP contribution in [0.1, 0.15) is 73.7 Å². The number of likely N-dealkylation sites (tertiary alicyclic amines) is 1. The van der Waals surface area contributed by atoms with Gasteiger partial charge in [0.25, 0.3) is 0 Å². The molecule has 3 aromatic rings. The van der Waals surface area contributed by atoms with E-state index < -0.39 is 5.97 Å². The van der Waals surface area contributed by atoms with Crippen molar-refractivity contribution in [1.82, 2.24) is 9.47 Å². The van der Waals surface area contributed by atoms with Crippen LogP contribution in [0.2, 0.25) is 0 Å². The van der Waals surface area contributed by atoms with Gasteiger partial charge in [-0.15, -0.1) is 24.8 Å². The van der Waals surface area contributed by atoms with Gasteiger partial charge in [0.05, 0.1) is 30.1 Å². The van der Waals surface area contributed by atoms with Crippen molar-refractivity contribution in [2.24, 2.45) is 5.92 Å². The van der Waals surface area contributed by atoms with Crippen LogP contribution in [0, 0.1) is 5.92 Å². The normalized spacial score (nSPS) is 18.9. The average Bonchev–Trinajstić information content (AvgIpc) is 3.19. The first kappa shape index (κ1) is 33.4. The Morgan fingerprint density at radius 1 is 1.07 bits per heavy atom. The molecule has 0 spiro atoms. The number of hydrogen-bond acceptors (Lipinski definition) is 5. The monoisotopic (exact) mass is 631 g/mol. The summed E-state index contributed by atoms with van der Waals surface area (Å²) in [4.78, 5) is 17.0. The Bertz CT molecular complexity index is 1390. The van der Waals surface area contributed by atoms with Gasteiger partial charge in [0.15, 0.2) is 5.75 Å². The molecule has 1 aliphatic carbocycles. The molecule has 3 heterocycles. The molecule has 236 valence electrons. The molecule has 6 rings (SSSR count). The lowest BCUT2D eigenvalue weighted by Gasteiger charge is -2.34. The summed E-state index contributed by atoms with van der Waals surface area (Å²) in [6, 6.07) is 12.3. The lowest BCUT2D eigenvalue weighted by atomic mass is 9.81. The zero-order chi connectivity index (χ0) is 28.3. The van der Waals surface area contributed by atoms with Gasteiger partial charge in [0.2, 0.25) is 0 Å². The molecule has 1 aromatic heterocycles. The number of carbonyl (C=O) groups is 1. The molecule has 0 bridgehead atoms. The Morgan fingerprint density at radius 3 is 2.63 bits per heavy atom. The minimum absolute atomic E-state index is 0. The third kappa shape index (κ3) is 6.80. The number of aromatic nitrogens is 1. The Balaban J connectivity index is 0.00000212. The highest BCUT2D eigenvalue weighted by atomic mass is 35.5. The van der Waals surface area contributed by atoms with Gasteiger partial charge in [-0.3, -0.25) is 0 Å². The number of carboxylic acids is 1. The minimum atomic E-state index is -0.880. The molecule has 1 saturated heterocycles. The van der Waals surface area contributed by atoms with E-state index in [4.69, 9.17) is 9.47 Å². The van der Waals surface area contributed by atoms with Crippen LogP contribution in [0.3, 0.4) is 0 Å². The Kier molecular flexibility index (Phi) is 11.7. The standard InChI is InChI=1S/C34H45N3O4.2ClH/c1-3-36(18-17-35-16-8-9-24(22-35)23-40-2)29-13-7-12-28-32-31(25-10-5-4-6-11-25)27-15-14-26(34(38)39)21-30(27)37(32)19-20-41-33(28)29;;/h7,12-15,21,24-25H,3-6,8-11,16-20,22-23H2,1-2H3,(H,38,39);2*1H. The number of rotatable bonds is 9. The summed E-state index contributed by atoms with van der Waals surface area (Å²) in [5.41, 5.74) is 6.29. The first-order valence-electron chi connectivity index (χ1n) is 15.7. The van der Waals surface area contributed by atoms with Crippen molar-refractivity contribution in [3.05, 3.63) is 47.5 Å². The number of piperidine rings is 1. The van der Waals surface area contributed by atoms with E-state index >= 15 is 0 Å². The van der Waals surface area contributed by atoms with Gasteiger partial charge in [-0.1, -0.05) is 31.4 Å². The number of fused-ring (bicyclic) bond motifs is 5. The van der Waals surface area contributed by atoms with Crippen molar-refractivity contribution < 1.29 is 19.4 Å². The average molecular weight is 633 g/mol. The molecular formula is C34H47Cl2N3O4. The van der Waals surface area contributed by atoms with E-state index in [9.17, 15) is 9.90 Å². The van der Waals surface area contributed by atoms with E-state index in [1.165, 1.54) is 61.6 Å². The summed E-state index contributed by atoms with van der Waals surface area (Å²) in [7, 11) is 1.81. The molecule has 9 heteroatoms. The number of nitrogens with zero attached hydrogens (tertiary/aromatic N) is 3. The molecule has 1 N–H and O–H groups in total. The van der Waals surface area contributed by atoms with Crippen molar-refractivity contribution in [3.63, 3.8) is 0 Å². The second-order valence-corrected chi connectivity index (χ2v) is 12.1. The van der Waals surface area contributed by atoms with E-state index in [2.05, 4.69) is 45.6 Å². The van der Waals surface area contributed by atoms with Crippen LogP contribution >= 0.6 is 24.8 Å². The minimum Gasteiger partial charge on any atom is -0.489 e. The molecule has 0 amide bonds. The molecular weight excluding hydrogens is 585 g/mol. The fraction of sp³-hybridized carbons (Fsp3) is 0.559. The maximum atomic E-state index is 11.9. The van der Waals surface area contributed by atoms with Gasteiger partial charge in [-0.25, -0.2) is 4.79 Å². The lowest BCUT2D eigenvalue weighted by molar-refractivity contribution is 0.0697. The van der Waals surface area contributed by atoms with Crippen LogP contribution in [0.15, 0.2) is 36.4 Å². The Labute approximate surface area is 268 Å². The first-order chi connectivity index (χ1) is 20.1. The highest BCUT2D eigenvalue weighted by molar-refractivity contribution is 5.99. The van der Waals surface area contributed by atoms with E-state index in [-0.39, 0.29) is 24.8 Å². The van der Waals surface area contributed by atoms with Gasteiger partial charge < -0.3 is 28.9 Å². The molecule has 1 atom stereocenters. The number of aromatic carboxylic acids is 1. The fourth-order valence-corrected chi connectivity index (χ4v) is 7.62. The van der Waals surface area contributed by atoms with Gasteiger partial charge in [0.1, 0.15) is 6.61 Å². The maximum Gasteiger partial charge on any atom is 0.335 e. The third-order valence-electron chi connectivity index (χ3n) is 9.59. The van der Waals surface area contributed by atoms with Crippen molar-refractivity contribution in [1.29, 1.82) is 0 Å². The molecule has 43 heavy (non-hydrogen) atoms. The molecule has 1 saturated carbocycles. The summed E-state index contributed by atoms with van der Waals surface area (Å²) >= 11 is 0. The molecule has 2 aromatic carbocycles. The van der Waals surface area contributed by atoms with Crippen molar-refractivity contribution >= 4 is 47.4 Å². The zero-order valence-electron chi connectivity index (χ0n) is 25.6. The lowest BCUT2D eigenvalue weighted by Crippen LogP contribution is -2.42. The fourth-order valence-electron chi connectivity index (χ4n) is 7.62. The highest BCUT2D eigenvalue weighted by Gasteiger charge is 2.31. The third-order valence-corrected chi connectivity index (χ3v) is 9.59. The topological polar surface area (TPSA) is 67.2 Å². The Morgan fingerprint density at radius 2 is 1.88 bits per heavy atom. The second kappa shape index (κ2) is 15.0. The molecule has 2 fully saturated rings. The van der Waals surface area contributed by atoms with E-state index in [1.54, 1.807) is 6.07 Å². The van der Waals surface area contributed by atoms with E-state index in [0.29, 0.717) is 30.6 Å². The van der Waals surface area contributed by atoms with Crippen LogP contribution in [0.4, 0.5) is 5.69 Å². The quantitative estimate of drug-likeness (QED) is 0.264. The largest absolute Gasteiger partial charge is 0.489 e. The number of benzene rings is 2. The Hall–Kier alpha value is -2.45. The van der Waals surface area contributed by atoms with E-state index in [0.717, 1.165) is 61.8 Å². The van der Waals surface area contributed by atoms with E-state index in [1.807, 2.05) is 13.2 Å². The van der Waals surface area contributed by atoms with Crippen LogP contribution in [0.25, 0.3) is 22.2 Å². The summed E-state index contributed by atoms with van der Waals surface area (Å²) in [6.45, 7) is 9.51. The summed E-state index contributed by atoms with van der Waals surface area (Å²) in [5.74, 6) is 1.20. The molecule has 2 aliphatic heterocycles. The molecule has 0 radical (unpaired) electrons. The van der Waals surface area contributed by atoms with Crippen molar-refractivity contribution in [3.8, 4) is 17.0 Å². The molecule has 1 unspecified atom stereocenters. The molecule has 3 aliphatic rings. The number of para-hydroxylation sites is 1. The number of halogens is 2. The predicted octanol–water partition coefficient (Wildman–Crippen LogP) is 7.47. The number of methoxy groups -OCH3 is 1. The van der Waals surface area contributed by atoms with Crippen molar-refractivity contribution in [2.75, 3.05) is 57.9 Å². The SMILES string of the molecule is CCN(CCN1CCCC(COC)C1)c1cccc2c1OCCn1c-2c(C2CCCCC2)c2ccc(C(=O)O)cc21.Cl.Cl. The van der Waals surface area contributed by atoms with Gasteiger partial charge in [-0.05, 0) is 80.8 Å². The smallest absolute Gasteiger partial charge is 0.335 e. The number of likely N-dealkylation sites (N-methyl/N-ethyl adjacent to an activating group) is 1. The van der Waals surface area contributed by atoms with Crippen LogP contribution < -0.4 is 9.64 Å². The number of anilines is 1. The van der Waals surface area contributed by atoms with Gasteiger partial charge in [-0.2, -0.15) is 0 Å². The first-order valence-corrected chi connectivity index (χ1v) is 15.7.